The number of nitrogens with zero attached hydrogens (tertiary/aromatic N) is 3. The van der Waals surface area contributed by atoms with Crippen LogP contribution in [0.25, 0.3) is 0 Å². The Hall–Kier alpha value is -2.06. The first-order valence-electron chi connectivity index (χ1n) is 9.82. The number of methoxy groups -OCH3 is 2. The molecule has 9 heteroatoms. The molecule has 2 aliphatic heterocycles. The Morgan fingerprint density at radius 1 is 1.23 bits per heavy atom. The predicted octanol–water partition coefficient (Wildman–Crippen LogP) is 3.74. The van der Waals surface area contributed by atoms with Crippen LogP contribution in [0.2, 0.25) is 10.0 Å². The van der Waals surface area contributed by atoms with Crippen LogP contribution in [0.4, 0.5) is 5.82 Å². The lowest BCUT2D eigenvalue weighted by Gasteiger charge is -2.34. The fraction of sp³-hybridized carbons (Fsp3) is 0.429. The molecule has 7 nitrogen and oxygen atoms in total. The maximum atomic E-state index is 13.9. The van der Waals surface area contributed by atoms with Crippen molar-refractivity contribution in [2.45, 2.75) is 24.9 Å². The molecule has 160 valence electrons. The second kappa shape index (κ2) is 8.98. The van der Waals surface area contributed by atoms with Crippen molar-refractivity contribution in [2.75, 3.05) is 39.3 Å². The molecule has 1 aromatic carbocycles. The number of halogens is 2. The summed E-state index contributed by atoms with van der Waals surface area (Å²) in [6, 6.07) is 6.88. The normalized spacial score (nSPS) is 21.0. The minimum atomic E-state index is -0.451. The van der Waals surface area contributed by atoms with Crippen LogP contribution in [-0.4, -0.2) is 60.6 Å². The molecule has 1 aromatic heterocycles. The number of aromatic nitrogens is 2. The van der Waals surface area contributed by atoms with Crippen molar-refractivity contribution in [3.05, 3.63) is 57.3 Å². The summed E-state index contributed by atoms with van der Waals surface area (Å²) in [5.41, 5.74) is 2.14. The van der Waals surface area contributed by atoms with E-state index in [1.807, 2.05) is 17.0 Å². The summed E-state index contributed by atoms with van der Waals surface area (Å²) in [6.07, 6.45) is 3.57. The van der Waals surface area contributed by atoms with Crippen LogP contribution >= 0.6 is 23.2 Å². The molecule has 0 saturated carbocycles. The van der Waals surface area contributed by atoms with Crippen molar-refractivity contribution in [1.82, 2.24) is 14.7 Å². The monoisotopic (exact) mass is 450 g/mol. The third-order valence-electron chi connectivity index (χ3n) is 5.57. The summed E-state index contributed by atoms with van der Waals surface area (Å²) >= 11 is 12.5. The molecular weight excluding hydrogens is 427 g/mol. The summed E-state index contributed by atoms with van der Waals surface area (Å²) in [5, 5.41) is 8.70. The number of likely N-dealkylation sites (tertiary alicyclic amines) is 1. The molecule has 30 heavy (non-hydrogen) atoms. The Kier molecular flexibility index (Phi) is 6.34. The Morgan fingerprint density at radius 2 is 2.07 bits per heavy atom. The van der Waals surface area contributed by atoms with Crippen LogP contribution in [0.3, 0.4) is 0 Å². The van der Waals surface area contributed by atoms with Crippen LogP contribution in [0, 0.1) is 0 Å². The fourth-order valence-electron chi connectivity index (χ4n) is 4.25. The van der Waals surface area contributed by atoms with Gasteiger partial charge in [-0.1, -0.05) is 29.3 Å². The van der Waals surface area contributed by atoms with Crippen molar-refractivity contribution < 1.29 is 14.3 Å². The highest BCUT2D eigenvalue weighted by Gasteiger charge is 2.39. The number of hydrogen-bond acceptors (Lipinski definition) is 5. The van der Waals surface area contributed by atoms with Crippen molar-refractivity contribution in [3.8, 4) is 0 Å². The molecule has 2 aliphatic rings. The minimum absolute atomic E-state index is 0.0484. The van der Waals surface area contributed by atoms with Gasteiger partial charge in [0.05, 0.1) is 46.8 Å². The summed E-state index contributed by atoms with van der Waals surface area (Å²) in [5.74, 6) is 0.732. The molecular formula is C21H24Cl2N4O3. The number of fused-ring (bicyclic) bond motifs is 1. The molecule has 1 saturated heterocycles. The minimum Gasteiger partial charge on any atom is -0.383 e. The molecule has 0 bridgehead atoms. The summed E-state index contributed by atoms with van der Waals surface area (Å²) in [4.78, 5) is 15.8. The van der Waals surface area contributed by atoms with Crippen LogP contribution in [0.15, 0.2) is 41.7 Å². The van der Waals surface area contributed by atoms with E-state index in [0.29, 0.717) is 28.8 Å². The summed E-state index contributed by atoms with van der Waals surface area (Å²) in [7, 11) is 3.27. The standard InChI is InChI=1S/C21H24Cl2N4O3/c1-29-11-14-4-3-9-26(14)21(28)19-17(12-30-2)25-18-7-8-24-27(18)20(19)13-5-6-15(22)16(23)10-13/h5-8,10,14,20,25H,3-4,9,11-12H2,1-2H3. The van der Waals surface area contributed by atoms with E-state index in [1.54, 1.807) is 37.2 Å². The van der Waals surface area contributed by atoms with Crippen LogP contribution in [0.1, 0.15) is 24.4 Å². The molecule has 0 radical (unpaired) electrons. The topological polar surface area (TPSA) is 68.6 Å². The van der Waals surface area contributed by atoms with Gasteiger partial charge in [0, 0.05) is 26.8 Å². The van der Waals surface area contributed by atoms with Crippen LogP contribution < -0.4 is 5.32 Å². The zero-order valence-corrected chi connectivity index (χ0v) is 18.4. The van der Waals surface area contributed by atoms with E-state index >= 15 is 0 Å². The maximum absolute atomic E-state index is 13.9. The number of anilines is 1. The highest BCUT2D eigenvalue weighted by molar-refractivity contribution is 6.42. The van der Waals surface area contributed by atoms with Gasteiger partial charge >= 0.3 is 0 Å². The zero-order valence-electron chi connectivity index (χ0n) is 16.9. The number of carbonyl (C=O) groups excluding carboxylic acids is 1. The Morgan fingerprint density at radius 3 is 2.80 bits per heavy atom. The van der Waals surface area contributed by atoms with E-state index < -0.39 is 6.04 Å². The molecule has 2 aromatic rings. The molecule has 1 fully saturated rings. The average molecular weight is 451 g/mol. The van der Waals surface area contributed by atoms with E-state index in [4.69, 9.17) is 32.7 Å². The van der Waals surface area contributed by atoms with Crippen molar-refractivity contribution in [1.29, 1.82) is 0 Å². The van der Waals surface area contributed by atoms with Crippen LogP contribution in [-0.2, 0) is 14.3 Å². The first kappa shape index (κ1) is 21.2. The van der Waals surface area contributed by atoms with Gasteiger partial charge in [0.2, 0.25) is 0 Å². The molecule has 0 spiro atoms. The molecule has 1 amide bonds. The second-order valence-corrected chi connectivity index (χ2v) is 8.25. The lowest BCUT2D eigenvalue weighted by Crippen LogP contribution is -2.43. The van der Waals surface area contributed by atoms with Gasteiger partial charge in [0.25, 0.3) is 5.91 Å². The smallest absolute Gasteiger partial charge is 0.254 e. The summed E-state index contributed by atoms with van der Waals surface area (Å²) < 4.78 is 12.6. The molecule has 4 rings (SSSR count). The Balaban J connectivity index is 1.83. The van der Waals surface area contributed by atoms with Gasteiger partial charge in [0.1, 0.15) is 11.9 Å². The Bertz CT molecular complexity index is 975. The van der Waals surface area contributed by atoms with E-state index in [0.717, 1.165) is 29.9 Å². The molecule has 2 atom stereocenters. The number of carbonyl (C=O) groups is 1. The molecule has 2 unspecified atom stereocenters. The van der Waals surface area contributed by atoms with E-state index in [1.165, 1.54) is 0 Å². The Labute approximate surface area is 185 Å². The first-order valence-corrected chi connectivity index (χ1v) is 10.6. The van der Waals surface area contributed by atoms with E-state index in [9.17, 15) is 4.79 Å². The fourth-order valence-corrected chi connectivity index (χ4v) is 4.55. The molecule has 1 N–H and O–H groups in total. The summed E-state index contributed by atoms with van der Waals surface area (Å²) in [6.45, 7) is 1.47. The van der Waals surface area contributed by atoms with Crippen molar-refractivity contribution >= 4 is 34.9 Å². The van der Waals surface area contributed by atoms with E-state index in [2.05, 4.69) is 10.4 Å². The average Bonchev–Trinajstić information content (AvgIpc) is 3.38. The lowest BCUT2D eigenvalue weighted by atomic mass is 9.94. The number of benzene rings is 1. The van der Waals surface area contributed by atoms with Gasteiger partial charge in [-0.3, -0.25) is 4.79 Å². The third-order valence-corrected chi connectivity index (χ3v) is 6.31. The third kappa shape index (κ3) is 3.83. The van der Waals surface area contributed by atoms with Gasteiger partial charge < -0.3 is 19.7 Å². The zero-order chi connectivity index (χ0) is 21.3. The number of amides is 1. The van der Waals surface area contributed by atoms with Crippen molar-refractivity contribution in [2.24, 2.45) is 0 Å². The number of hydrogen-bond donors (Lipinski definition) is 1. The van der Waals surface area contributed by atoms with Gasteiger partial charge in [0.15, 0.2) is 0 Å². The largest absolute Gasteiger partial charge is 0.383 e. The number of ether oxygens (including phenoxy) is 2. The van der Waals surface area contributed by atoms with Crippen LogP contribution in [0.5, 0.6) is 0 Å². The number of nitrogens with one attached hydrogen (secondary N) is 1. The first-order chi connectivity index (χ1) is 14.5. The number of rotatable bonds is 6. The predicted molar refractivity (Wildman–Crippen MR) is 116 cm³/mol. The molecule has 0 aliphatic carbocycles. The maximum Gasteiger partial charge on any atom is 0.254 e. The highest BCUT2D eigenvalue weighted by atomic mass is 35.5. The van der Waals surface area contributed by atoms with Gasteiger partial charge in [-0.2, -0.15) is 5.10 Å². The lowest BCUT2D eigenvalue weighted by molar-refractivity contribution is -0.129. The SMILES string of the molecule is COCC1=C(C(=O)N2CCCC2COC)C(c2ccc(Cl)c(Cl)c2)n2nccc2N1. The van der Waals surface area contributed by atoms with Crippen molar-refractivity contribution in [3.63, 3.8) is 0 Å². The van der Waals surface area contributed by atoms with Gasteiger partial charge in [-0.15, -0.1) is 0 Å². The van der Waals surface area contributed by atoms with Gasteiger partial charge in [-0.25, -0.2) is 4.68 Å². The highest BCUT2D eigenvalue weighted by Crippen LogP contribution is 2.39. The van der Waals surface area contributed by atoms with E-state index in [-0.39, 0.29) is 18.6 Å². The van der Waals surface area contributed by atoms with Gasteiger partial charge in [-0.05, 0) is 30.5 Å². The quantitative estimate of drug-likeness (QED) is 0.725. The second-order valence-electron chi connectivity index (χ2n) is 7.44. The molecule has 3 heterocycles.